The topological polar surface area (TPSA) is 0 Å². The molecule has 0 N–H and O–H groups in total. The van der Waals surface area contributed by atoms with Crippen molar-refractivity contribution in [2.75, 3.05) is 0 Å². The maximum atomic E-state index is 2.36. The van der Waals surface area contributed by atoms with E-state index in [2.05, 4.69) is 13.8 Å². The Morgan fingerprint density at radius 2 is 0.600 bits per heavy atom. The zero-order chi connectivity index (χ0) is 17.3. The molecule has 1 aliphatic rings. The van der Waals surface area contributed by atoms with Gasteiger partial charge in [0.25, 0.3) is 0 Å². The summed E-state index contributed by atoms with van der Waals surface area (Å²) in [5.41, 5.74) is 0.694. The molecule has 1 fully saturated rings. The first-order chi connectivity index (χ1) is 9.21. The van der Waals surface area contributed by atoms with E-state index in [4.69, 9.17) is 0 Å². The predicted octanol–water partition coefficient (Wildman–Crippen LogP) is 9.38. The summed E-state index contributed by atoms with van der Waals surface area (Å²) in [5, 5.41) is 0. The lowest BCUT2D eigenvalue weighted by Gasteiger charge is -2.13. The summed E-state index contributed by atoms with van der Waals surface area (Å²) in [6.45, 7) is 28.7. The molecule has 1 saturated carbocycles. The van der Waals surface area contributed by atoms with Gasteiger partial charge in [0.2, 0.25) is 0 Å². The average molecular weight is 295 g/mol. The van der Waals surface area contributed by atoms with E-state index in [1.807, 2.05) is 83.1 Å². The van der Waals surface area contributed by atoms with Crippen LogP contribution in [-0.2, 0) is 0 Å². The molecule has 0 aliphatic heterocycles. The average Bonchev–Trinajstić information content (AvgIpc) is 2.96. The minimum absolute atomic E-state index is 0. The maximum absolute atomic E-state index is 2.36. The van der Waals surface area contributed by atoms with Gasteiger partial charge in [-0.05, 0) is 18.3 Å². The summed E-state index contributed by atoms with van der Waals surface area (Å²) in [4.78, 5) is 0. The number of hydrogen-bond acceptors (Lipinski definition) is 0. The standard InChI is InChI=1S/C7H14.6C2H6.CH4/c1-7(2)5-3-4-6-7;6*1-2;/h3-6H2,1-2H3;6*1-2H3;1H4. The number of hydrogen-bond donors (Lipinski definition) is 0. The van der Waals surface area contributed by atoms with Crippen LogP contribution in [0.2, 0.25) is 0 Å². The van der Waals surface area contributed by atoms with Gasteiger partial charge in [-0.2, -0.15) is 0 Å². The van der Waals surface area contributed by atoms with Gasteiger partial charge in [0, 0.05) is 0 Å². The summed E-state index contributed by atoms with van der Waals surface area (Å²) in [7, 11) is 0. The van der Waals surface area contributed by atoms with Crippen LogP contribution in [0.15, 0.2) is 0 Å². The van der Waals surface area contributed by atoms with Crippen LogP contribution in [0.4, 0.5) is 0 Å². The molecule has 0 spiro atoms. The molecule has 1 aliphatic carbocycles. The predicted molar refractivity (Wildman–Crippen MR) is 107 cm³/mol. The van der Waals surface area contributed by atoms with Gasteiger partial charge in [-0.25, -0.2) is 0 Å². The fourth-order valence-electron chi connectivity index (χ4n) is 1.33. The van der Waals surface area contributed by atoms with E-state index in [0.29, 0.717) is 5.41 Å². The summed E-state index contributed by atoms with van der Waals surface area (Å²) in [5.74, 6) is 0. The van der Waals surface area contributed by atoms with Crippen molar-refractivity contribution in [2.45, 2.75) is 130 Å². The second kappa shape index (κ2) is 61.6. The summed E-state index contributed by atoms with van der Waals surface area (Å²) in [6, 6.07) is 0. The second-order valence-electron chi connectivity index (χ2n) is 3.37. The van der Waals surface area contributed by atoms with Crippen molar-refractivity contribution in [3.63, 3.8) is 0 Å². The largest absolute Gasteiger partial charge is 0.0776 e. The number of rotatable bonds is 0. The third-order valence-corrected chi connectivity index (χ3v) is 1.96. The second-order valence-corrected chi connectivity index (χ2v) is 3.37. The molecule has 0 amide bonds. The van der Waals surface area contributed by atoms with Crippen LogP contribution >= 0.6 is 0 Å². The third-order valence-electron chi connectivity index (χ3n) is 1.96. The summed E-state index contributed by atoms with van der Waals surface area (Å²) < 4.78 is 0. The molecule has 0 saturated heterocycles. The summed E-state index contributed by atoms with van der Waals surface area (Å²) >= 11 is 0. The highest BCUT2D eigenvalue weighted by Gasteiger charge is 2.21. The molecule has 0 bridgehead atoms. The monoisotopic (exact) mass is 294 g/mol. The Hall–Kier alpha value is 0. The fraction of sp³-hybridized carbons (Fsp3) is 1.00. The van der Waals surface area contributed by atoms with Gasteiger partial charge in [0.15, 0.2) is 0 Å². The van der Waals surface area contributed by atoms with Gasteiger partial charge in [0.1, 0.15) is 0 Å². The van der Waals surface area contributed by atoms with E-state index in [1.165, 1.54) is 25.7 Å². The molecule has 1 rings (SSSR count). The van der Waals surface area contributed by atoms with Crippen molar-refractivity contribution in [3.8, 4) is 0 Å². The molecule has 0 aromatic heterocycles. The minimum Gasteiger partial charge on any atom is -0.0776 e. The molecule has 0 nitrogen and oxygen atoms in total. The van der Waals surface area contributed by atoms with E-state index in [1.54, 1.807) is 0 Å². The molecule has 0 heterocycles. The van der Waals surface area contributed by atoms with Crippen LogP contribution in [0.1, 0.15) is 130 Å². The Kier molecular flexibility index (Phi) is 131. The first kappa shape index (κ1) is 42.7. The van der Waals surface area contributed by atoms with Crippen LogP contribution in [0.25, 0.3) is 0 Å². The molecule has 20 heavy (non-hydrogen) atoms. The SMILES string of the molecule is C.CC.CC.CC.CC.CC.CC.CC1(C)CCCC1. The van der Waals surface area contributed by atoms with Crippen molar-refractivity contribution in [1.82, 2.24) is 0 Å². The van der Waals surface area contributed by atoms with Gasteiger partial charge < -0.3 is 0 Å². The summed E-state index contributed by atoms with van der Waals surface area (Å²) in [6.07, 6.45) is 5.83. The molecule has 134 valence electrons. The van der Waals surface area contributed by atoms with Gasteiger partial charge in [0.05, 0.1) is 0 Å². The van der Waals surface area contributed by atoms with Crippen LogP contribution in [-0.4, -0.2) is 0 Å². The van der Waals surface area contributed by atoms with E-state index in [0.717, 1.165) is 0 Å². The highest BCUT2D eigenvalue weighted by Crippen LogP contribution is 2.36. The highest BCUT2D eigenvalue weighted by atomic mass is 14.3. The molecule has 0 aromatic rings. The van der Waals surface area contributed by atoms with Crippen LogP contribution in [0, 0.1) is 5.41 Å². The Morgan fingerprint density at radius 1 is 0.450 bits per heavy atom. The zero-order valence-electron chi connectivity index (χ0n) is 17.3. The molecule has 0 atom stereocenters. The van der Waals surface area contributed by atoms with Gasteiger partial charge >= 0.3 is 0 Å². The van der Waals surface area contributed by atoms with E-state index in [9.17, 15) is 0 Å². The highest BCUT2D eigenvalue weighted by molar-refractivity contribution is 4.74. The van der Waals surface area contributed by atoms with Crippen molar-refractivity contribution >= 4 is 0 Å². The molecule has 0 aromatic carbocycles. The van der Waals surface area contributed by atoms with Crippen LogP contribution in [0.3, 0.4) is 0 Å². The lowest BCUT2D eigenvalue weighted by atomic mass is 9.92. The van der Waals surface area contributed by atoms with Crippen molar-refractivity contribution in [2.24, 2.45) is 5.41 Å². The Bertz CT molecular complexity index is 54.4. The van der Waals surface area contributed by atoms with Gasteiger partial charge in [-0.3, -0.25) is 0 Å². The lowest BCUT2D eigenvalue weighted by molar-refractivity contribution is 0.382. The molecular formula is C20H54. The van der Waals surface area contributed by atoms with Crippen molar-refractivity contribution < 1.29 is 0 Å². The molecule has 0 radical (unpaired) electrons. The Labute approximate surface area is 136 Å². The first-order valence-electron chi connectivity index (χ1n) is 9.21. The van der Waals surface area contributed by atoms with E-state index >= 15 is 0 Å². The smallest absolute Gasteiger partial charge is 0.0354 e. The Morgan fingerprint density at radius 3 is 0.650 bits per heavy atom. The zero-order valence-corrected chi connectivity index (χ0v) is 17.3. The van der Waals surface area contributed by atoms with Gasteiger partial charge in [-0.15, -0.1) is 0 Å². The minimum atomic E-state index is 0. The molecule has 0 unspecified atom stereocenters. The lowest BCUT2D eigenvalue weighted by Crippen LogP contribution is -2.01. The quantitative estimate of drug-likeness (QED) is 0.417. The molecule has 0 heteroatoms. The maximum Gasteiger partial charge on any atom is -0.0354 e. The van der Waals surface area contributed by atoms with Crippen LogP contribution < -0.4 is 0 Å². The van der Waals surface area contributed by atoms with Crippen molar-refractivity contribution in [1.29, 1.82) is 0 Å². The van der Waals surface area contributed by atoms with E-state index in [-0.39, 0.29) is 7.43 Å². The Balaban J connectivity index is -0.0000000227. The third kappa shape index (κ3) is 64.2. The first-order valence-corrected chi connectivity index (χ1v) is 9.21. The van der Waals surface area contributed by atoms with Crippen LogP contribution in [0.5, 0.6) is 0 Å². The van der Waals surface area contributed by atoms with Crippen molar-refractivity contribution in [3.05, 3.63) is 0 Å². The van der Waals surface area contributed by atoms with Gasteiger partial charge in [-0.1, -0.05) is 117 Å². The molecular weight excluding hydrogens is 240 g/mol. The van der Waals surface area contributed by atoms with E-state index < -0.39 is 0 Å². The normalized spacial score (nSPS) is 11.7. The fourth-order valence-corrected chi connectivity index (χ4v) is 1.33.